The summed E-state index contributed by atoms with van der Waals surface area (Å²) < 4.78 is 26.6. The third kappa shape index (κ3) is 4.04. The van der Waals surface area contributed by atoms with Gasteiger partial charge < -0.3 is 0 Å². The summed E-state index contributed by atoms with van der Waals surface area (Å²) >= 11 is 6.13. The maximum Gasteiger partial charge on any atom is 0.319 e. The Morgan fingerprint density at radius 1 is 1.09 bits per heavy atom. The minimum atomic E-state index is -2.54. The van der Waals surface area contributed by atoms with Crippen molar-refractivity contribution in [2.24, 2.45) is 0 Å². The van der Waals surface area contributed by atoms with Gasteiger partial charge in [0.1, 0.15) is 5.82 Å². The van der Waals surface area contributed by atoms with E-state index in [0.29, 0.717) is 17.4 Å². The number of hydrogen-bond acceptors (Lipinski definition) is 4. The second kappa shape index (κ2) is 7.33. The first-order valence-corrected chi connectivity index (χ1v) is 7.84. The molecule has 0 aromatic carbocycles. The fourth-order valence-corrected chi connectivity index (χ4v) is 2.90. The van der Waals surface area contributed by atoms with Crippen molar-refractivity contribution in [3.8, 4) is 0 Å². The molecular weight excluding hydrogens is 324 g/mol. The third-order valence-electron chi connectivity index (χ3n) is 4.04. The number of alkyl halides is 2. The van der Waals surface area contributed by atoms with Crippen molar-refractivity contribution in [3.63, 3.8) is 0 Å². The van der Waals surface area contributed by atoms with E-state index in [-0.39, 0.29) is 0 Å². The molecule has 1 aliphatic rings. The van der Waals surface area contributed by atoms with Crippen molar-refractivity contribution in [1.82, 2.24) is 24.3 Å². The number of rotatable bonds is 5. The maximum atomic E-state index is 12.8. The fourth-order valence-electron chi connectivity index (χ4n) is 2.72. The second-order valence-corrected chi connectivity index (χ2v) is 5.95. The van der Waals surface area contributed by atoms with Gasteiger partial charge in [-0.05, 0) is 11.6 Å². The predicted molar refractivity (Wildman–Crippen MR) is 83.3 cm³/mol. The molecule has 0 unspecified atom stereocenters. The average Bonchev–Trinajstić information content (AvgIpc) is 3.00. The number of aromatic nitrogens is 3. The van der Waals surface area contributed by atoms with Crippen molar-refractivity contribution in [2.75, 3.05) is 26.2 Å². The van der Waals surface area contributed by atoms with Crippen molar-refractivity contribution in [3.05, 3.63) is 47.3 Å². The lowest BCUT2D eigenvalue weighted by molar-refractivity contribution is 0.0603. The first kappa shape index (κ1) is 16.3. The molecule has 1 saturated heterocycles. The van der Waals surface area contributed by atoms with E-state index in [1.807, 2.05) is 6.07 Å². The third-order valence-corrected chi connectivity index (χ3v) is 4.38. The van der Waals surface area contributed by atoms with Gasteiger partial charge in [0, 0.05) is 57.5 Å². The zero-order valence-electron chi connectivity index (χ0n) is 12.6. The lowest BCUT2D eigenvalue weighted by Crippen LogP contribution is -2.45. The molecular formula is C15H18ClF2N5. The standard InChI is InChI=1S/C15H18ClF2N5/c16-13-9-19-2-1-12(13)10-21-5-7-22(8-6-21)11-14-20-3-4-23(14)15(17)18/h1-4,9,15H,5-8,10-11H2. The topological polar surface area (TPSA) is 37.2 Å². The van der Waals surface area contributed by atoms with E-state index in [2.05, 4.69) is 19.8 Å². The van der Waals surface area contributed by atoms with Crippen molar-refractivity contribution in [2.45, 2.75) is 19.6 Å². The lowest BCUT2D eigenvalue weighted by atomic mass is 10.2. The zero-order chi connectivity index (χ0) is 16.2. The van der Waals surface area contributed by atoms with Gasteiger partial charge in [0.05, 0.1) is 11.6 Å². The van der Waals surface area contributed by atoms with Gasteiger partial charge in [-0.2, -0.15) is 8.78 Å². The van der Waals surface area contributed by atoms with Crippen LogP contribution in [0, 0.1) is 0 Å². The highest BCUT2D eigenvalue weighted by atomic mass is 35.5. The van der Waals surface area contributed by atoms with Crippen LogP contribution >= 0.6 is 11.6 Å². The molecule has 0 spiro atoms. The normalized spacial score (nSPS) is 17.0. The summed E-state index contributed by atoms with van der Waals surface area (Å²) in [6, 6.07) is 1.92. The molecule has 3 rings (SSSR count). The highest BCUT2D eigenvalue weighted by Crippen LogP contribution is 2.18. The molecule has 0 saturated carbocycles. The Bertz CT molecular complexity index is 640. The lowest BCUT2D eigenvalue weighted by Gasteiger charge is -2.34. The Kier molecular flexibility index (Phi) is 5.20. The molecule has 0 atom stereocenters. The molecule has 5 nitrogen and oxygen atoms in total. The smallest absolute Gasteiger partial charge is 0.296 e. The molecule has 23 heavy (non-hydrogen) atoms. The molecule has 2 aromatic rings. The molecule has 0 bridgehead atoms. The first-order chi connectivity index (χ1) is 11.1. The molecule has 124 valence electrons. The van der Waals surface area contributed by atoms with Crippen LogP contribution in [0.15, 0.2) is 30.9 Å². The summed E-state index contributed by atoms with van der Waals surface area (Å²) in [6.07, 6.45) is 6.13. The zero-order valence-corrected chi connectivity index (χ0v) is 13.3. The number of halogens is 3. The highest BCUT2D eigenvalue weighted by molar-refractivity contribution is 6.31. The van der Waals surface area contributed by atoms with Crippen LogP contribution in [0.2, 0.25) is 5.02 Å². The van der Waals surface area contributed by atoms with Gasteiger partial charge in [-0.25, -0.2) is 4.98 Å². The van der Waals surface area contributed by atoms with Crippen LogP contribution in [0.25, 0.3) is 0 Å². The van der Waals surface area contributed by atoms with Crippen LogP contribution in [0.4, 0.5) is 8.78 Å². The van der Waals surface area contributed by atoms with Gasteiger partial charge in [-0.3, -0.25) is 19.4 Å². The molecule has 1 fully saturated rings. The Morgan fingerprint density at radius 3 is 2.43 bits per heavy atom. The van der Waals surface area contributed by atoms with E-state index in [1.165, 1.54) is 12.4 Å². The monoisotopic (exact) mass is 341 g/mol. The minimum Gasteiger partial charge on any atom is -0.296 e. The molecule has 0 aliphatic carbocycles. The molecule has 3 heterocycles. The maximum absolute atomic E-state index is 12.8. The molecule has 0 N–H and O–H groups in total. The number of piperazine rings is 1. The largest absolute Gasteiger partial charge is 0.319 e. The van der Waals surface area contributed by atoms with Crippen LogP contribution < -0.4 is 0 Å². The Hall–Kier alpha value is -1.57. The summed E-state index contributed by atoms with van der Waals surface area (Å²) in [6.45, 7) is 2.06. The summed E-state index contributed by atoms with van der Waals surface area (Å²) in [5.74, 6) is 0.408. The Morgan fingerprint density at radius 2 is 1.78 bits per heavy atom. The molecule has 8 heteroatoms. The van der Waals surface area contributed by atoms with Gasteiger partial charge in [0.2, 0.25) is 0 Å². The van der Waals surface area contributed by atoms with Gasteiger partial charge in [-0.1, -0.05) is 11.6 Å². The second-order valence-electron chi connectivity index (χ2n) is 5.55. The van der Waals surface area contributed by atoms with E-state index >= 15 is 0 Å². The first-order valence-electron chi connectivity index (χ1n) is 7.46. The molecule has 2 aromatic heterocycles. The van der Waals surface area contributed by atoms with Gasteiger partial charge >= 0.3 is 6.55 Å². The van der Waals surface area contributed by atoms with Gasteiger partial charge in [0.25, 0.3) is 0 Å². The fraction of sp³-hybridized carbons (Fsp3) is 0.467. The van der Waals surface area contributed by atoms with Gasteiger partial charge in [-0.15, -0.1) is 0 Å². The van der Waals surface area contributed by atoms with E-state index in [9.17, 15) is 8.78 Å². The number of hydrogen-bond donors (Lipinski definition) is 0. The Balaban J connectivity index is 1.52. The minimum absolute atomic E-state index is 0.408. The summed E-state index contributed by atoms with van der Waals surface area (Å²) in [4.78, 5) is 12.5. The van der Waals surface area contributed by atoms with Crippen molar-refractivity contribution < 1.29 is 8.78 Å². The van der Waals surface area contributed by atoms with E-state index in [1.54, 1.807) is 12.4 Å². The van der Waals surface area contributed by atoms with Crippen LogP contribution in [-0.4, -0.2) is 50.5 Å². The number of imidazole rings is 1. The highest BCUT2D eigenvalue weighted by Gasteiger charge is 2.20. The van der Waals surface area contributed by atoms with E-state index < -0.39 is 6.55 Å². The van der Waals surface area contributed by atoms with E-state index in [4.69, 9.17) is 11.6 Å². The average molecular weight is 342 g/mol. The van der Waals surface area contributed by atoms with Crippen molar-refractivity contribution >= 4 is 11.6 Å². The van der Waals surface area contributed by atoms with Crippen molar-refractivity contribution in [1.29, 1.82) is 0 Å². The quantitative estimate of drug-likeness (QED) is 0.838. The van der Waals surface area contributed by atoms with Crippen LogP contribution in [-0.2, 0) is 13.1 Å². The molecule has 0 amide bonds. The summed E-state index contributed by atoms with van der Waals surface area (Å²) in [5, 5.41) is 0.675. The SMILES string of the molecule is FC(F)n1ccnc1CN1CCN(Cc2ccncc2Cl)CC1. The van der Waals surface area contributed by atoms with Gasteiger partial charge in [0.15, 0.2) is 0 Å². The van der Waals surface area contributed by atoms with Crippen LogP contribution in [0.3, 0.4) is 0 Å². The summed E-state index contributed by atoms with van der Waals surface area (Å²) in [7, 11) is 0. The van der Waals surface area contributed by atoms with Crippen LogP contribution in [0.5, 0.6) is 0 Å². The molecule has 1 aliphatic heterocycles. The van der Waals surface area contributed by atoms with E-state index in [0.717, 1.165) is 42.9 Å². The van der Waals surface area contributed by atoms with Crippen LogP contribution in [0.1, 0.15) is 17.9 Å². The predicted octanol–water partition coefficient (Wildman–Crippen LogP) is 2.64. The Labute approximate surface area is 138 Å². The number of nitrogens with zero attached hydrogens (tertiary/aromatic N) is 5. The molecule has 0 radical (unpaired) electrons. The number of pyridine rings is 1. The summed E-state index contributed by atoms with van der Waals surface area (Å²) in [5.41, 5.74) is 1.06.